The third kappa shape index (κ3) is 9.25. The third-order valence-electron chi connectivity index (χ3n) is 7.82. The highest BCUT2D eigenvalue weighted by Crippen LogP contribution is 2.42. The second-order valence-electron chi connectivity index (χ2n) is 10.9. The molecule has 41 heavy (non-hydrogen) atoms. The van der Waals surface area contributed by atoms with Gasteiger partial charge in [-0.05, 0) is 24.6 Å². The number of carbonyl (C=O) groups is 2. The highest BCUT2D eigenvalue weighted by atomic mass is 79.9. The van der Waals surface area contributed by atoms with Crippen LogP contribution in [0.15, 0.2) is 58.6 Å². The molecular formula is C33H43BrN2O5. The molecule has 2 aromatic rings. The molecule has 1 atom stereocenters. The molecular weight excluding hydrogens is 584 g/mol. The highest BCUT2D eigenvalue weighted by molar-refractivity contribution is 9.10. The second kappa shape index (κ2) is 17.1. The fourth-order valence-corrected chi connectivity index (χ4v) is 5.99. The lowest BCUT2D eigenvalue weighted by Gasteiger charge is -2.25. The molecule has 7 nitrogen and oxygen atoms in total. The lowest BCUT2D eigenvalue weighted by molar-refractivity contribution is -0.385. The van der Waals surface area contributed by atoms with Crippen LogP contribution in [0.25, 0.3) is 5.76 Å². The average Bonchev–Trinajstić information content (AvgIpc) is 3.21. The molecule has 1 N–H and O–H groups in total. The summed E-state index contributed by atoms with van der Waals surface area (Å²) >= 11 is 3.37. The van der Waals surface area contributed by atoms with Gasteiger partial charge in [-0.15, -0.1) is 0 Å². The van der Waals surface area contributed by atoms with Crippen LogP contribution in [0.5, 0.6) is 0 Å². The number of rotatable bonds is 18. The summed E-state index contributed by atoms with van der Waals surface area (Å²) in [5.74, 6) is -1.90. The lowest BCUT2D eigenvalue weighted by Crippen LogP contribution is -2.31. The van der Waals surface area contributed by atoms with Crippen molar-refractivity contribution >= 4 is 39.1 Å². The standard InChI is InChI=1S/C33H43BrN2O5/c1-2-3-4-5-6-7-8-9-10-11-12-13-14-17-23-35-30(27-21-15-16-22-28(27)36(40)41)29(32(38)33(35)39)31(37)25-19-18-20-26(34)24-25/h15-16,18-22,24,30,37H,2-14,17,23H2,1H3. The lowest BCUT2D eigenvalue weighted by atomic mass is 9.94. The molecule has 0 spiro atoms. The van der Waals surface area contributed by atoms with Crippen molar-refractivity contribution in [2.75, 3.05) is 6.54 Å². The van der Waals surface area contributed by atoms with Crippen molar-refractivity contribution in [1.29, 1.82) is 0 Å². The first kappa shape index (κ1) is 32.5. The Bertz CT molecular complexity index is 1210. The molecule has 222 valence electrons. The summed E-state index contributed by atoms with van der Waals surface area (Å²) < 4.78 is 0.695. The quantitative estimate of drug-likeness (QED) is 0.0443. The summed E-state index contributed by atoms with van der Waals surface area (Å²) in [6, 6.07) is 11.9. The number of aliphatic hydroxyl groups is 1. The number of amides is 1. The minimum Gasteiger partial charge on any atom is -0.507 e. The zero-order valence-corrected chi connectivity index (χ0v) is 25.7. The number of carbonyl (C=O) groups excluding carboxylic acids is 2. The van der Waals surface area contributed by atoms with Crippen molar-refractivity contribution in [3.63, 3.8) is 0 Å². The Morgan fingerprint density at radius 1 is 0.854 bits per heavy atom. The van der Waals surface area contributed by atoms with E-state index in [0.717, 1.165) is 19.3 Å². The molecule has 1 unspecified atom stereocenters. The van der Waals surface area contributed by atoms with Crippen molar-refractivity contribution in [1.82, 2.24) is 4.90 Å². The van der Waals surface area contributed by atoms with Gasteiger partial charge in [0.05, 0.1) is 22.1 Å². The van der Waals surface area contributed by atoms with Gasteiger partial charge < -0.3 is 10.0 Å². The van der Waals surface area contributed by atoms with Crippen LogP contribution in [0.3, 0.4) is 0 Å². The molecule has 1 saturated heterocycles. The van der Waals surface area contributed by atoms with E-state index in [1.54, 1.807) is 42.5 Å². The minimum atomic E-state index is -1.03. The van der Waals surface area contributed by atoms with Crippen molar-refractivity contribution in [2.24, 2.45) is 0 Å². The van der Waals surface area contributed by atoms with E-state index in [0.29, 0.717) is 16.5 Å². The van der Waals surface area contributed by atoms with Gasteiger partial charge in [-0.2, -0.15) is 0 Å². The van der Waals surface area contributed by atoms with Gasteiger partial charge >= 0.3 is 0 Å². The normalized spacial score (nSPS) is 16.4. The fourth-order valence-electron chi connectivity index (χ4n) is 5.59. The summed E-state index contributed by atoms with van der Waals surface area (Å²) in [5.41, 5.74) is 0.273. The molecule has 0 aromatic heterocycles. The Labute approximate surface area is 252 Å². The number of nitro groups is 1. The smallest absolute Gasteiger partial charge is 0.295 e. The first-order valence-corrected chi connectivity index (χ1v) is 15.9. The Morgan fingerprint density at radius 3 is 1.98 bits per heavy atom. The first-order valence-electron chi connectivity index (χ1n) is 15.1. The molecule has 8 heteroatoms. The number of unbranched alkanes of at least 4 members (excludes halogenated alkanes) is 13. The van der Waals surface area contributed by atoms with Gasteiger partial charge in [-0.1, -0.05) is 131 Å². The molecule has 3 rings (SSSR count). The molecule has 0 bridgehead atoms. The molecule has 1 fully saturated rings. The number of likely N-dealkylation sites (tertiary alicyclic amines) is 1. The van der Waals surface area contributed by atoms with Crippen LogP contribution in [-0.4, -0.2) is 33.2 Å². The van der Waals surface area contributed by atoms with E-state index >= 15 is 0 Å². The number of hydrogen-bond donors (Lipinski definition) is 1. The van der Waals surface area contributed by atoms with E-state index in [-0.39, 0.29) is 29.1 Å². The SMILES string of the molecule is CCCCCCCCCCCCCCCCN1C(=O)C(=O)C(=C(O)c2cccc(Br)c2)C1c1ccccc1[N+](=O)[O-]. The van der Waals surface area contributed by atoms with Crippen LogP contribution in [-0.2, 0) is 9.59 Å². The summed E-state index contributed by atoms with van der Waals surface area (Å²) in [7, 11) is 0. The topological polar surface area (TPSA) is 101 Å². The van der Waals surface area contributed by atoms with E-state index in [1.807, 2.05) is 0 Å². The number of aliphatic hydroxyl groups excluding tert-OH is 1. The maximum Gasteiger partial charge on any atom is 0.295 e. The number of ketones is 1. The van der Waals surface area contributed by atoms with Crippen molar-refractivity contribution in [3.05, 3.63) is 79.8 Å². The molecule has 1 amide bonds. The molecule has 0 aliphatic carbocycles. The van der Waals surface area contributed by atoms with E-state index in [9.17, 15) is 24.8 Å². The number of halogens is 1. The zero-order chi connectivity index (χ0) is 29.6. The van der Waals surface area contributed by atoms with E-state index in [1.165, 1.54) is 75.2 Å². The highest BCUT2D eigenvalue weighted by Gasteiger charge is 2.47. The molecule has 0 radical (unpaired) electrons. The Hall–Kier alpha value is -3.00. The Morgan fingerprint density at radius 2 is 1.41 bits per heavy atom. The van der Waals surface area contributed by atoms with E-state index < -0.39 is 22.7 Å². The van der Waals surface area contributed by atoms with Crippen LogP contribution < -0.4 is 0 Å². The van der Waals surface area contributed by atoms with Gasteiger partial charge in [0.15, 0.2) is 0 Å². The molecule has 1 aliphatic rings. The summed E-state index contributed by atoms with van der Waals surface area (Å²) in [5, 5.41) is 23.1. The second-order valence-corrected chi connectivity index (χ2v) is 11.8. The van der Waals surface area contributed by atoms with E-state index in [4.69, 9.17) is 0 Å². The largest absolute Gasteiger partial charge is 0.507 e. The predicted molar refractivity (Wildman–Crippen MR) is 167 cm³/mol. The van der Waals surface area contributed by atoms with Gasteiger partial charge in [0.1, 0.15) is 5.76 Å². The molecule has 1 aliphatic heterocycles. The maximum atomic E-state index is 13.2. The number of Topliss-reactive ketones (excluding diaryl/α,β-unsaturated/α-hetero) is 1. The third-order valence-corrected chi connectivity index (χ3v) is 8.31. The van der Waals surface area contributed by atoms with Crippen molar-refractivity contribution in [2.45, 2.75) is 103 Å². The Balaban J connectivity index is 1.61. The zero-order valence-electron chi connectivity index (χ0n) is 24.2. The molecule has 1 heterocycles. The Kier molecular flexibility index (Phi) is 13.5. The number of nitro benzene ring substituents is 1. The van der Waals surface area contributed by atoms with Crippen LogP contribution in [0, 0.1) is 10.1 Å². The van der Waals surface area contributed by atoms with Crippen molar-refractivity contribution < 1.29 is 19.6 Å². The van der Waals surface area contributed by atoms with Crippen molar-refractivity contribution in [3.8, 4) is 0 Å². The van der Waals surface area contributed by atoms with Crippen LogP contribution in [0.1, 0.15) is 114 Å². The van der Waals surface area contributed by atoms with E-state index in [2.05, 4.69) is 22.9 Å². The number of para-hydroxylation sites is 1. The van der Waals surface area contributed by atoms with Crippen LogP contribution in [0.2, 0.25) is 0 Å². The minimum absolute atomic E-state index is 0.118. The fraction of sp³-hybridized carbons (Fsp3) is 0.515. The van der Waals surface area contributed by atoms with Crippen LogP contribution in [0.4, 0.5) is 5.69 Å². The number of hydrogen-bond acceptors (Lipinski definition) is 5. The van der Waals surface area contributed by atoms with Gasteiger partial charge in [-0.3, -0.25) is 19.7 Å². The predicted octanol–water partition coefficient (Wildman–Crippen LogP) is 9.26. The van der Waals surface area contributed by atoms with Gasteiger partial charge in [-0.25, -0.2) is 0 Å². The summed E-state index contributed by atoms with van der Waals surface area (Å²) in [4.78, 5) is 39.2. The van der Waals surface area contributed by atoms with Gasteiger partial charge in [0.25, 0.3) is 17.4 Å². The van der Waals surface area contributed by atoms with Gasteiger partial charge in [0, 0.05) is 22.6 Å². The molecule has 2 aromatic carbocycles. The van der Waals surface area contributed by atoms with Gasteiger partial charge in [0.2, 0.25) is 0 Å². The summed E-state index contributed by atoms with van der Waals surface area (Å²) in [6.45, 7) is 2.53. The average molecular weight is 628 g/mol. The molecule has 0 saturated carbocycles. The maximum absolute atomic E-state index is 13.2. The van der Waals surface area contributed by atoms with Crippen LogP contribution >= 0.6 is 15.9 Å². The first-order chi connectivity index (χ1) is 19.9. The number of nitrogens with zero attached hydrogens (tertiary/aromatic N) is 2. The monoisotopic (exact) mass is 626 g/mol. The summed E-state index contributed by atoms with van der Waals surface area (Å²) in [6.07, 6.45) is 16.8. The number of benzene rings is 2.